The molecule has 0 aromatic carbocycles. The van der Waals surface area contributed by atoms with Gasteiger partial charge in [0.25, 0.3) is 0 Å². The smallest absolute Gasteiger partial charge is 0.407 e. The molecule has 23 heavy (non-hydrogen) atoms. The van der Waals surface area contributed by atoms with Crippen LogP contribution in [0.5, 0.6) is 0 Å². The molecule has 7 nitrogen and oxygen atoms in total. The van der Waals surface area contributed by atoms with Crippen molar-refractivity contribution < 1.29 is 14.3 Å². The molecule has 1 amide bonds. The molecule has 1 aromatic rings. The minimum Gasteiger partial charge on any atom is -0.444 e. The van der Waals surface area contributed by atoms with E-state index in [-0.39, 0.29) is 24.3 Å². The number of hydrogen-bond acceptors (Lipinski definition) is 5. The Bertz CT molecular complexity index is 524. The standard InChI is InChI=1S/C16H28N4O3/c1-6-22-12-9-11(19-15(21)23-16(2,3)4)14(12)18-10-13-17-7-8-20(13)5/h7-8,11-12,14,18H,6,9-10H2,1-5H3,(H,19,21). The Morgan fingerprint density at radius 3 is 2.78 bits per heavy atom. The molecular weight excluding hydrogens is 296 g/mol. The molecule has 3 atom stereocenters. The van der Waals surface area contributed by atoms with Crippen LogP contribution in [0, 0.1) is 0 Å². The summed E-state index contributed by atoms with van der Waals surface area (Å²) in [5.41, 5.74) is -0.497. The van der Waals surface area contributed by atoms with Crippen molar-refractivity contribution in [2.24, 2.45) is 7.05 Å². The van der Waals surface area contributed by atoms with Gasteiger partial charge in [-0.2, -0.15) is 0 Å². The molecule has 1 aromatic heterocycles. The highest BCUT2D eigenvalue weighted by atomic mass is 16.6. The van der Waals surface area contributed by atoms with Crippen LogP contribution in [0.2, 0.25) is 0 Å². The highest BCUT2D eigenvalue weighted by Crippen LogP contribution is 2.25. The van der Waals surface area contributed by atoms with Gasteiger partial charge in [0.15, 0.2) is 0 Å². The molecule has 0 saturated heterocycles. The highest BCUT2D eigenvalue weighted by molar-refractivity contribution is 5.68. The Morgan fingerprint density at radius 2 is 2.22 bits per heavy atom. The fraction of sp³-hybridized carbons (Fsp3) is 0.750. The second-order valence-electron chi connectivity index (χ2n) is 6.84. The third-order valence-electron chi connectivity index (χ3n) is 3.82. The maximum absolute atomic E-state index is 11.9. The van der Waals surface area contributed by atoms with Gasteiger partial charge in [-0.1, -0.05) is 0 Å². The largest absolute Gasteiger partial charge is 0.444 e. The van der Waals surface area contributed by atoms with Gasteiger partial charge in [-0.25, -0.2) is 9.78 Å². The van der Waals surface area contributed by atoms with E-state index in [1.807, 2.05) is 45.5 Å². The minimum atomic E-state index is -0.497. The summed E-state index contributed by atoms with van der Waals surface area (Å²) in [4.78, 5) is 16.2. The van der Waals surface area contributed by atoms with Crippen LogP contribution in [0.1, 0.15) is 39.9 Å². The third-order valence-corrected chi connectivity index (χ3v) is 3.82. The van der Waals surface area contributed by atoms with Crippen LogP contribution in [0.3, 0.4) is 0 Å². The summed E-state index contributed by atoms with van der Waals surface area (Å²) in [6.07, 6.45) is 4.18. The molecule has 0 radical (unpaired) electrons. The number of carbonyl (C=O) groups excluding carboxylic acids is 1. The molecule has 1 aliphatic carbocycles. The van der Waals surface area contributed by atoms with E-state index in [2.05, 4.69) is 15.6 Å². The van der Waals surface area contributed by atoms with Crippen molar-refractivity contribution in [1.29, 1.82) is 0 Å². The van der Waals surface area contributed by atoms with Crippen LogP contribution in [-0.4, -0.2) is 46.0 Å². The summed E-state index contributed by atoms with van der Waals surface area (Å²) in [5, 5.41) is 6.36. The van der Waals surface area contributed by atoms with Gasteiger partial charge in [0, 0.05) is 26.0 Å². The summed E-state index contributed by atoms with van der Waals surface area (Å²) in [6, 6.07) is 0.0563. The van der Waals surface area contributed by atoms with Crippen LogP contribution >= 0.6 is 0 Å². The molecule has 1 fully saturated rings. The molecule has 0 bridgehead atoms. The predicted octanol–water partition coefficient (Wildman–Crippen LogP) is 1.58. The Balaban J connectivity index is 1.89. The first-order valence-corrected chi connectivity index (χ1v) is 8.11. The number of ether oxygens (including phenoxy) is 2. The number of rotatable bonds is 6. The fourth-order valence-electron chi connectivity index (χ4n) is 2.65. The maximum atomic E-state index is 11.9. The summed E-state index contributed by atoms with van der Waals surface area (Å²) in [5.74, 6) is 0.947. The lowest BCUT2D eigenvalue weighted by molar-refractivity contribution is -0.0440. The molecule has 2 rings (SSSR count). The second kappa shape index (κ2) is 7.31. The Kier molecular flexibility index (Phi) is 5.64. The lowest BCUT2D eigenvalue weighted by Crippen LogP contribution is -2.66. The first-order valence-electron chi connectivity index (χ1n) is 8.11. The van der Waals surface area contributed by atoms with Gasteiger partial charge in [0.05, 0.1) is 24.7 Å². The molecule has 0 spiro atoms. The monoisotopic (exact) mass is 324 g/mol. The fourth-order valence-corrected chi connectivity index (χ4v) is 2.65. The molecular formula is C16H28N4O3. The SMILES string of the molecule is CCOC1CC(NC(=O)OC(C)(C)C)C1NCc1nccn1C. The van der Waals surface area contributed by atoms with Crippen LogP contribution in [0.15, 0.2) is 12.4 Å². The van der Waals surface area contributed by atoms with Gasteiger partial charge in [-0.05, 0) is 34.1 Å². The van der Waals surface area contributed by atoms with Crippen molar-refractivity contribution >= 4 is 6.09 Å². The zero-order valence-electron chi connectivity index (χ0n) is 14.6. The average molecular weight is 324 g/mol. The molecule has 1 heterocycles. The van der Waals surface area contributed by atoms with Crippen molar-refractivity contribution in [2.45, 2.75) is 64.4 Å². The van der Waals surface area contributed by atoms with Gasteiger partial charge < -0.3 is 24.7 Å². The normalized spacial score (nSPS) is 24.1. The quantitative estimate of drug-likeness (QED) is 0.831. The van der Waals surface area contributed by atoms with Crippen LogP contribution < -0.4 is 10.6 Å². The first kappa shape index (κ1) is 17.7. The number of aryl methyl sites for hydroxylation is 1. The molecule has 3 unspecified atom stereocenters. The van der Waals surface area contributed by atoms with Crippen molar-refractivity contribution in [3.8, 4) is 0 Å². The molecule has 130 valence electrons. The minimum absolute atomic E-state index is 0.00154. The van der Waals surface area contributed by atoms with E-state index in [1.165, 1.54) is 0 Å². The Labute approximate surface area is 137 Å². The third kappa shape index (κ3) is 4.94. The van der Waals surface area contributed by atoms with Gasteiger partial charge in [0.1, 0.15) is 11.4 Å². The van der Waals surface area contributed by atoms with E-state index in [4.69, 9.17) is 9.47 Å². The highest BCUT2D eigenvalue weighted by Gasteiger charge is 2.43. The van der Waals surface area contributed by atoms with Crippen LogP contribution in [0.4, 0.5) is 4.79 Å². The first-order chi connectivity index (χ1) is 10.8. The van der Waals surface area contributed by atoms with E-state index in [0.717, 1.165) is 12.2 Å². The second-order valence-corrected chi connectivity index (χ2v) is 6.84. The maximum Gasteiger partial charge on any atom is 0.407 e. The number of hydrogen-bond donors (Lipinski definition) is 2. The zero-order valence-corrected chi connectivity index (χ0v) is 14.6. The number of nitrogens with one attached hydrogen (secondary N) is 2. The zero-order chi connectivity index (χ0) is 17.0. The van der Waals surface area contributed by atoms with Gasteiger partial charge in [0.2, 0.25) is 0 Å². The number of imidazole rings is 1. The summed E-state index contributed by atoms with van der Waals surface area (Å²) >= 11 is 0. The van der Waals surface area contributed by atoms with E-state index >= 15 is 0 Å². The molecule has 1 saturated carbocycles. The molecule has 0 aliphatic heterocycles. The van der Waals surface area contributed by atoms with Crippen LogP contribution in [0.25, 0.3) is 0 Å². The number of carbonyl (C=O) groups is 1. The number of nitrogens with zero attached hydrogens (tertiary/aromatic N) is 2. The molecule has 7 heteroatoms. The van der Waals surface area contributed by atoms with Gasteiger partial charge in [-0.3, -0.25) is 0 Å². The van der Waals surface area contributed by atoms with E-state index in [9.17, 15) is 4.79 Å². The van der Waals surface area contributed by atoms with E-state index < -0.39 is 5.60 Å². The van der Waals surface area contributed by atoms with Crippen molar-refractivity contribution in [2.75, 3.05) is 6.61 Å². The molecule has 2 N–H and O–H groups in total. The lowest BCUT2D eigenvalue weighted by Gasteiger charge is -2.44. The summed E-state index contributed by atoms with van der Waals surface area (Å²) in [7, 11) is 1.96. The lowest BCUT2D eigenvalue weighted by atomic mass is 9.82. The van der Waals surface area contributed by atoms with Crippen molar-refractivity contribution in [3.05, 3.63) is 18.2 Å². The molecule has 1 aliphatic rings. The van der Waals surface area contributed by atoms with E-state index in [0.29, 0.717) is 13.2 Å². The van der Waals surface area contributed by atoms with Gasteiger partial charge >= 0.3 is 6.09 Å². The van der Waals surface area contributed by atoms with Crippen LogP contribution in [-0.2, 0) is 23.1 Å². The van der Waals surface area contributed by atoms with Crippen molar-refractivity contribution in [1.82, 2.24) is 20.2 Å². The summed E-state index contributed by atoms with van der Waals surface area (Å²) in [6.45, 7) is 8.83. The van der Waals surface area contributed by atoms with Crippen molar-refractivity contribution in [3.63, 3.8) is 0 Å². The summed E-state index contributed by atoms with van der Waals surface area (Å²) < 4.78 is 13.0. The average Bonchev–Trinajstić information content (AvgIpc) is 2.81. The Morgan fingerprint density at radius 1 is 1.48 bits per heavy atom. The Hall–Kier alpha value is -1.60. The number of alkyl carbamates (subject to hydrolysis) is 1. The number of aromatic nitrogens is 2. The van der Waals surface area contributed by atoms with E-state index in [1.54, 1.807) is 6.20 Å². The number of amides is 1. The topological polar surface area (TPSA) is 77.4 Å². The van der Waals surface area contributed by atoms with Gasteiger partial charge in [-0.15, -0.1) is 0 Å². The predicted molar refractivity (Wildman–Crippen MR) is 87.0 cm³/mol.